The molecule has 0 saturated carbocycles. The molecule has 2 fully saturated rings. The molecule has 0 spiro atoms. The first kappa shape index (κ1) is 77.3. The van der Waals surface area contributed by atoms with Gasteiger partial charge >= 0.3 is 17.8 Å². The number of benzene rings is 3. The van der Waals surface area contributed by atoms with Gasteiger partial charge in [-0.05, 0) is 77.3 Å². The Labute approximate surface area is 568 Å². The number of aromatic amines is 1. The fraction of sp³-hybridized carbons (Fsp3) is 0.623. The SMILES string of the molecule is CC[C@H](C)[C@@H]([C@@H](CC(=O)N1CCC[C@H]1[C@H](OC)[C@@H](C)C(=O)C[C@H](C)[C@@H](O)c1ccccc1)OC)N(C)C(=O)[C@@H](NC(=O)[C@H](C(C)C)N(C)C(=O)OCCSSC[C@@H](CN)NC(=O)N1CCN(Cc2ccc(-n3c(-c4cc(C(C)C)c(O)cc4O)n[nH]c3=O)cc2)CC1)C(C)C. The zero-order valence-electron chi connectivity index (χ0n) is 58.0. The number of piperazine rings is 1. The number of aliphatic hydroxyl groups excluding tert-OH is 1. The molecule has 6 rings (SSSR count). The highest BCUT2D eigenvalue weighted by atomic mass is 33.1. The molecule has 0 unspecified atom stereocenters. The number of hydrogen-bond donors (Lipinski definition) is 7. The van der Waals surface area contributed by atoms with Crippen molar-refractivity contribution in [1.82, 2.24) is 49.9 Å². The second-order valence-electron chi connectivity index (χ2n) is 26.4. The molecular weight excluding hydrogens is 1250 g/mol. The second-order valence-corrected chi connectivity index (χ2v) is 29.1. The number of rotatable bonds is 34. The van der Waals surface area contributed by atoms with Gasteiger partial charge in [0.15, 0.2) is 5.82 Å². The van der Waals surface area contributed by atoms with Gasteiger partial charge < -0.3 is 60.6 Å². The highest BCUT2D eigenvalue weighted by Crippen LogP contribution is 2.38. The fourth-order valence-corrected chi connectivity index (χ4v) is 15.0. The lowest BCUT2D eigenvalue weighted by atomic mass is 9.85. The number of Topliss-reactive ketones (excluding diaryl/α,β-unsaturated/α-hetero) is 1. The van der Waals surface area contributed by atoms with E-state index in [2.05, 4.69) is 25.7 Å². The molecule has 526 valence electrons. The molecule has 0 bridgehead atoms. The number of carbonyl (C=O) groups excluding carboxylic acids is 6. The third-order valence-electron chi connectivity index (χ3n) is 18.7. The Morgan fingerprint density at radius 2 is 1.48 bits per heavy atom. The topological polar surface area (TPSA) is 308 Å². The molecule has 95 heavy (non-hydrogen) atoms. The number of ether oxygens (including phenoxy) is 3. The van der Waals surface area contributed by atoms with Gasteiger partial charge in [0.25, 0.3) is 0 Å². The van der Waals surface area contributed by atoms with Gasteiger partial charge in [0, 0.05) is 104 Å². The summed E-state index contributed by atoms with van der Waals surface area (Å²) in [4.78, 5) is 106. The molecule has 1 aromatic heterocycles. The predicted octanol–water partition coefficient (Wildman–Crippen LogP) is 7.78. The number of amides is 6. The van der Waals surface area contributed by atoms with Crippen LogP contribution in [0.2, 0.25) is 0 Å². The number of nitrogens with zero attached hydrogens (tertiary/aromatic N) is 7. The van der Waals surface area contributed by atoms with E-state index in [1.54, 1.807) is 34.9 Å². The van der Waals surface area contributed by atoms with Crippen LogP contribution in [0.3, 0.4) is 0 Å². The summed E-state index contributed by atoms with van der Waals surface area (Å²) in [5.74, 6) is -2.06. The smallest absolute Gasteiger partial charge is 0.410 e. The van der Waals surface area contributed by atoms with Crippen LogP contribution in [0.25, 0.3) is 17.1 Å². The summed E-state index contributed by atoms with van der Waals surface area (Å²) in [5.41, 5.74) is 8.85. The van der Waals surface area contributed by atoms with E-state index in [-0.39, 0.29) is 109 Å². The number of methoxy groups -OCH3 is 2. The van der Waals surface area contributed by atoms with Crippen LogP contribution in [-0.2, 0) is 39.9 Å². The van der Waals surface area contributed by atoms with Crippen LogP contribution in [0, 0.1) is 29.6 Å². The summed E-state index contributed by atoms with van der Waals surface area (Å²) >= 11 is 0. The Morgan fingerprint density at radius 3 is 2.08 bits per heavy atom. The quantitative estimate of drug-likeness (QED) is 0.0173. The summed E-state index contributed by atoms with van der Waals surface area (Å²) in [6, 6.07) is 16.2. The van der Waals surface area contributed by atoms with E-state index in [1.807, 2.05) is 124 Å². The van der Waals surface area contributed by atoms with Gasteiger partial charge in [0.05, 0.1) is 54.1 Å². The summed E-state index contributed by atoms with van der Waals surface area (Å²) in [5, 5.41) is 44.8. The van der Waals surface area contributed by atoms with Gasteiger partial charge in [-0.3, -0.25) is 29.0 Å². The van der Waals surface area contributed by atoms with Gasteiger partial charge in [-0.1, -0.05) is 140 Å². The van der Waals surface area contributed by atoms with Crippen LogP contribution in [0.1, 0.15) is 130 Å². The third-order valence-corrected chi connectivity index (χ3v) is 21.1. The largest absolute Gasteiger partial charge is 0.508 e. The van der Waals surface area contributed by atoms with Crippen LogP contribution < -0.4 is 22.1 Å². The van der Waals surface area contributed by atoms with Crippen LogP contribution in [0.5, 0.6) is 11.5 Å². The number of ketones is 1. The first-order valence-electron chi connectivity index (χ1n) is 33.3. The first-order chi connectivity index (χ1) is 45.2. The molecular formula is C69H105N11O13S2. The average molecular weight is 1360 g/mol. The number of aliphatic hydroxyl groups is 1. The van der Waals surface area contributed by atoms with Gasteiger partial charge in [0.2, 0.25) is 17.7 Å². The minimum absolute atomic E-state index is 0.0365. The van der Waals surface area contributed by atoms with E-state index in [1.165, 1.54) is 51.3 Å². The molecule has 3 heterocycles. The summed E-state index contributed by atoms with van der Waals surface area (Å²) in [6.45, 7) is 22.5. The van der Waals surface area contributed by atoms with Crippen molar-refractivity contribution in [2.45, 2.75) is 162 Å². The van der Waals surface area contributed by atoms with Crippen LogP contribution in [0.15, 0.2) is 71.5 Å². The molecule has 0 radical (unpaired) electrons. The molecule has 11 atom stereocenters. The number of nitrogens with one attached hydrogen (secondary N) is 3. The Hall–Kier alpha value is -6.68. The van der Waals surface area contributed by atoms with E-state index in [0.29, 0.717) is 80.4 Å². The van der Waals surface area contributed by atoms with Crippen molar-refractivity contribution in [3.63, 3.8) is 0 Å². The van der Waals surface area contributed by atoms with Gasteiger partial charge in [-0.2, -0.15) is 5.10 Å². The van der Waals surface area contributed by atoms with E-state index in [4.69, 9.17) is 19.9 Å². The number of aromatic nitrogens is 3. The Kier molecular flexibility index (Phi) is 29.8. The maximum absolute atomic E-state index is 14.8. The number of H-pyrrole nitrogens is 1. The zero-order chi connectivity index (χ0) is 70.0. The lowest BCUT2D eigenvalue weighted by Crippen LogP contribution is -2.60. The molecule has 8 N–H and O–H groups in total. The maximum atomic E-state index is 14.8. The number of hydrogen-bond acceptors (Lipinski definition) is 18. The van der Waals surface area contributed by atoms with E-state index in [0.717, 1.165) is 17.5 Å². The van der Waals surface area contributed by atoms with E-state index < -0.39 is 60.0 Å². The molecule has 0 aliphatic carbocycles. The molecule has 24 nitrogen and oxygen atoms in total. The predicted molar refractivity (Wildman–Crippen MR) is 371 cm³/mol. The second kappa shape index (κ2) is 36.6. The number of likely N-dealkylation sites (N-methyl/N-ethyl adjacent to an activating group) is 2. The van der Waals surface area contributed by atoms with E-state index in [9.17, 15) is 48.9 Å². The monoisotopic (exact) mass is 1360 g/mol. The van der Waals surface area contributed by atoms with Gasteiger partial charge in [-0.25, -0.2) is 24.0 Å². The number of urea groups is 1. The molecule has 2 aliphatic rings. The zero-order valence-corrected chi connectivity index (χ0v) is 59.6. The third kappa shape index (κ3) is 20.2. The Morgan fingerprint density at radius 1 is 0.811 bits per heavy atom. The van der Waals surface area contributed by atoms with Crippen molar-refractivity contribution < 1.29 is 58.3 Å². The minimum Gasteiger partial charge on any atom is -0.508 e. The fourth-order valence-electron chi connectivity index (χ4n) is 12.9. The number of nitrogens with two attached hydrogens (primary N) is 1. The molecule has 6 amide bonds. The highest BCUT2D eigenvalue weighted by molar-refractivity contribution is 8.76. The standard InChI is InChI=1S/C69H105N11O13S2/c1-15-44(8)61(57(91-13)37-58(84)79-27-19-22-53(79)63(92-14)46(10)54(81)34-45(9)62(85)48-20-17-16-18-21-48)75(11)66(87)59(42(4)5)72-65(86)60(43(6)7)76(12)69(90)93-32-33-94-95-40-49(38-70)71-67(88)78-30-28-77(29-31-78)39-47-23-25-50(26-24-47)80-64(73-74-68(80)89)52-35-51(41(2)3)55(82)36-56(52)83/h16-18,20-21,23-26,35-36,41-46,49,53,57,59-63,82-83,85H,15,19,22,27-34,37-40,70H2,1-14H3,(H,71,88)(H,72,86)(H,74,89)/t44-,45-,46-,49+,53-,57+,59-,60-,61-,62+,63+/m0/s1. The van der Waals surface area contributed by atoms with E-state index >= 15 is 0 Å². The molecule has 26 heteroatoms. The summed E-state index contributed by atoms with van der Waals surface area (Å²) < 4.78 is 19.2. The normalized spacial score (nSPS) is 17.7. The van der Waals surface area contributed by atoms with Crippen molar-refractivity contribution >= 4 is 57.2 Å². The number of aromatic hydroxyl groups is 2. The van der Waals surface area contributed by atoms with Crippen molar-refractivity contribution in [1.29, 1.82) is 0 Å². The van der Waals surface area contributed by atoms with Crippen molar-refractivity contribution in [3.8, 4) is 28.6 Å². The highest BCUT2D eigenvalue weighted by Gasteiger charge is 2.44. The first-order valence-corrected chi connectivity index (χ1v) is 35.8. The number of carbonyl (C=O) groups is 6. The van der Waals surface area contributed by atoms with Gasteiger partial charge in [0.1, 0.15) is 36.0 Å². The number of phenols is 2. The number of likely N-dealkylation sites (tertiary alicyclic amines) is 1. The minimum atomic E-state index is -1.00. The number of phenolic OH excluding ortho intramolecular Hbond substituents is 2. The van der Waals surface area contributed by atoms with Crippen molar-refractivity contribution in [2.24, 2.45) is 35.3 Å². The summed E-state index contributed by atoms with van der Waals surface area (Å²) in [6.07, 6.45) is -0.732. The lowest BCUT2D eigenvalue weighted by Gasteiger charge is -2.41. The van der Waals surface area contributed by atoms with Crippen LogP contribution >= 0.6 is 21.6 Å². The van der Waals surface area contributed by atoms with Crippen molar-refractivity contribution in [3.05, 3.63) is 93.9 Å². The van der Waals surface area contributed by atoms with Crippen molar-refractivity contribution in [2.75, 3.05) is 85.7 Å². The van der Waals surface area contributed by atoms with Crippen LogP contribution in [0.4, 0.5) is 9.59 Å². The lowest BCUT2D eigenvalue weighted by molar-refractivity contribution is -0.148. The summed E-state index contributed by atoms with van der Waals surface area (Å²) in [7, 11) is 9.20. The maximum Gasteiger partial charge on any atom is 0.410 e. The molecule has 2 saturated heterocycles. The van der Waals surface area contributed by atoms with Crippen LogP contribution in [-0.4, -0.2) is 218 Å². The van der Waals surface area contributed by atoms with Gasteiger partial charge in [-0.15, -0.1) is 0 Å². The molecule has 3 aromatic carbocycles. The Bertz CT molecular complexity index is 3200. The molecule has 4 aromatic rings. The Balaban J connectivity index is 0.940. The molecule has 2 aliphatic heterocycles. The average Bonchev–Trinajstić information content (AvgIpc) is 1.71.